The Hall–Kier alpha value is -1.35. The first-order chi connectivity index (χ1) is 14.6. The third kappa shape index (κ3) is 9.76. The van der Waals surface area contributed by atoms with Crippen LogP contribution >= 0.6 is 24.0 Å². The number of carbonyl (C=O) groups is 1. The summed E-state index contributed by atoms with van der Waals surface area (Å²) in [5.41, 5.74) is 0.997. The maximum absolute atomic E-state index is 12.7. The highest BCUT2D eigenvalue weighted by atomic mass is 127. The first-order valence-electron chi connectivity index (χ1n) is 11.4. The highest BCUT2D eigenvalue weighted by Gasteiger charge is 2.42. The number of rotatable bonds is 12. The van der Waals surface area contributed by atoms with Crippen molar-refractivity contribution >= 4 is 35.8 Å². The number of benzene rings is 1. The van der Waals surface area contributed by atoms with E-state index in [2.05, 4.69) is 41.8 Å². The van der Waals surface area contributed by atoms with Gasteiger partial charge in [0, 0.05) is 33.8 Å². The van der Waals surface area contributed by atoms with E-state index >= 15 is 0 Å². The lowest BCUT2D eigenvalue weighted by atomic mass is 9.85. The van der Waals surface area contributed by atoms with Gasteiger partial charge in [0.2, 0.25) is 5.91 Å². The summed E-state index contributed by atoms with van der Waals surface area (Å²) in [5.74, 6) is 1.02. The van der Waals surface area contributed by atoms with Crippen LogP contribution in [0.1, 0.15) is 51.0 Å². The Kier molecular flexibility index (Phi) is 13.8. The molecular weight excluding hydrogens is 503 g/mol. The van der Waals surface area contributed by atoms with Gasteiger partial charge in [0.25, 0.3) is 0 Å². The first kappa shape index (κ1) is 27.7. The van der Waals surface area contributed by atoms with Crippen LogP contribution in [0, 0.1) is 5.41 Å². The number of guanidine groups is 1. The molecule has 0 aromatic heterocycles. The number of nitrogens with zero attached hydrogens (tertiary/aromatic N) is 2. The van der Waals surface area contributed by atoms with Crippen LogP contribution in [-0.4, -0.2) is 63.7 Å². The minimum atomic E-state index is -0.321. The van der Waals surface area contributed by atoms with Crippen molar-refractivity contribution in [1.29, 1.82) is 0 Å². The van der Waals surface area contributed by atoms with Gasteiger partial charge in [-0.05, 0) is 44.6 Å². The van der Waals surface area contributed by atoms with Crippen molar-refractivity contribution in [1.82, 2.24) is 15.5 Å². The standard InChI is InChI=1S/C24H40N4O2.HI/c1-4-25-23(27-20-24(15-8-9-16-24)22(29)28(2)3)26-17-10-11-18-30-19-14-21-12-6-5-7-13-21;/h5-7,12-13H,4,8-11,14-20H2,1-3H3,(H2,25,26,27);1H. The molecule has 31 heavy (non-hydrogen) atoms. The molecule has 0 unspecified atom stereocenters. The Morgan fingerprint density at radius 1 is 1.10 bits per heavy atom. The molecule has 0 atom stereocenters. The topological polar surface area (TPSA) is 66.0 Å². The zero-order valence-corrected chi connectivity index (χ0v) is 21.8. The maximum Gasteiger partial charge on any atom is 0.230 e. The average molecular weight is 545 g/mol. The molecule has 0 saturated heterocycles. The number of hydrogen-bond acceptors (Lipinski definition) is 3. The zero-order chi connectivity index (χ0) is 21.7. The summed E-state index contributed by atoms with van der Waals surface area (Å²) in [4.78, 5) is 19.2. The van der Waals surface area contributed by atoms with Gasteiger partial charge in [-0.1, -0.05) is 43.2 Å². The largest absolute Gasteiger partial charge is 0.381 e. The Balaban J connectivity index is 0.00000480. The van der Waals surface area contributed by atoms with Crippen molar-refractivity contribution in [3.05, 3.63) is 35.9 Å². The van der Waals surface area contributed by atoms with Crippen LogP contribution in [0.2, 0.25) is 0 Å². The van der Waals surface area contributed by atoms with Crippen molar-refractivity contribution in [2.45, 2.75) is 51.9 Å². The van der Waals surface area contributed by atoms with E-state index in [0.29, 0.717) is 6.54 Å². The van der Waals surface area contributed by atoms with Crippen molar-refractivity contribution in [2.24, 2.45) is 10.4 Å². The van der Waals surface area contributed by atoms with Crippen molar-refractivity contribution in [3.63, 3.8) is 0 Å². The molecule has 1 saturated carbocycles. The van der Waals surface area contributed by atoms with Gasteiger partial charge in [-0.25, -0.2) is 0 Å². The Bertz CT molecular complexity index is 646. The minimum Gasteiger partial charge on any atom is -0.381 e. The monoisotopic (exact) mass is 544 g/mol. The second-order valence-electron chi connectivity index (χ2n) is 8.36. The maximum atomic E-state index is 12.7. The number of amides is 1. The summed E-state index contributed by atoms with van der Waals surface area (Å²) in [7, 11) is 3.69. The Morgan fingerprint density at radius 3 is 2.45 bits per heavy atom. The fourth-order valence-corrected chi connectivity index (χ4v) is 4.01. The van der Waals surface area contributed by atoms with E-state index in [0.717, 1.165) is 77.2 Å². The first-order valence-corrected chi connectivity index (χ1v) is 11.4. The molecule has 6 nitrogen and oxygen atoms in total. The van der Waals surface area contributed by atoms with Gasteiger partial charge < -0.3 is 20.3 Å². The van der Waals surface area contributed by atoms with Gasteiger partial charge in [-0.2, -0.15) is 0 Å². The molecule has 0 heterocycles. The Labute approximate surface area is 205 Å². The number of nitrogens with one attached hydrogen (secondary N) is 2. The van der Waals surface area contributed by atoms with Crippen LogP contribution in [0.5, 0.6) is 0 Å². The molecule has 0 aliphatic heterocycles. The summed E-state index contributed by atoms with van der Waals surface area (Å²) in [6, 6.07) is 10.4. The van der Waals surface area contributed by atoms with E-state index in [1.165, 1.54) is 5.56 Å². The van der Waals surface area contributed by atoms with E-state index in [4.69, 9.17) is 9.73 Å². The average Bonchev–Trinajstić information content (AvgIpc) is 3.24. The fraction of sp³-hybridized carbons (Fsp3) is 0.667. The predicted molar refractivity (Wildman–Crippen MR) is 139 cm³/mol. The normalized spacial score (nSPS) is 15.3. The van der Waals surface area contributed by atoms with E-state index in [1.54, 1.807) is 4.90 Å². The number of ether oxygens (including phenoxy) is 1. The molecule has 1 aromatic carbocycles. The summed E-state index contributed by atoms with van der Waals surface area (Å²) in [5, 5.41) is 6.71. The van der Waals surface area contributed by atoms with Gasteiger partial charge >= 0.3 is 0 Å². The van der Waals surface area contributed by atoms with E-state index in [1.807, 2.05) is 20.2 Å². The molecule has 2 rings (SSSR count). The van der Waals surface area contributed by atoms with Crippen LogP contribution in [0.25, 0.3) is 0 Å². The van der Waals surface area contributed by atoms with Crippen LogP contribution in [-0.2, 0) is 16.0 Å². The van der Waals surface area contributed by atoms with Crippen molar-refractivity contribution in [3.8, 4) is 0 Å². The number of aliphatic imine (C=N–C) groups is 1. The molecule has 1 aliphatic carbocycles. The highest BCUT2D eigenvalue weighted by Crippen LogP contribution is 2.39. The molecular formula is C24H41IN4O2. The van der Waals surface area contributed by atoms with Gasteiger partial charge in [0.1, 0.15) is 0 Å². The van der Waals surface area contributed by atoms with Crippen molar-refractivity contribution < 1.29 is 9.53 Å². The third-order valence-corrected chi connectivity index (χ3v) is 5.69. The number of halogens is 1. The van der Waals surface area contributed by atoms with E-state index < -0.39 is 0 Å². The molecule has 0 radical (unpaired) electrons. The SMILES string of the molecule is CCNC(=NCC1(C(=O)N(C)C)CCCC1)NCCCCOCCc1ccccc1.I. The number of unbranched alkanes of at least 4 members (excludes halogenated alkanes) is 1. The Morgan fingerprint density at radius 2 is 1.81 bits per heavy atom. The lowest BCUT2D eigenvalue weighted by molar-refractivity contribution is -0.138. The summed E-state index contributed by atoms with van der Waals surface area (Å²) in [6.07, 6.45) is 7.11. The van der Waals surface area contributed by atoms with Crippen LogP contribution in [0.15, 0.2) is 35.3 Å². The van der Waals surface area contributed by atoms with Gasteiger partial charge in [0.05, 0.1) is 18.6 Å². The number of carbonyl (C=O) groups excluding carboxylic acids is 1. The van der Waals surface area contributed by atoms with E-state index in [-0.39, 0.29) is 35.3 Å². The quantitative estimate of drug-likeness (QED) is 0.182. The fourth-order valence-electron chi connectivity index (χ4n) is 4.01. The molecule has 1 aliphatic rings. The smallest absolute Gasteiger partial charge is 0.230 e. The number of hydrogen-bond donors (Lipinski definition) is 2. The predicted octanol–water partition coefficient (Wildman–Crippen LogP) is 3.85. The second kappa shape index (κ2) is 15.5. The third-order valence-electron chi connectivity index (χ3n) is 5.69. The van der Waals surface area contributed by atoms with Crippen molar-refractivity contribution in [2.75, 3.05) is 46.9 Å². The highest BCUT2D eigenvalue weighted by molar-refractivity contribution is 14.0. The minimum absolute atomic E-state index is 0. The van der Waals surface area contributed by atoms with Gasteiger partial charge in [0.15, 0.2) is 5.96 Å². The molecule has 176 valence electrons. The molecule has 2 N–H and O–H groups in total. The summed E-state index contributed by atoms with van der Waals surface area (Å²) in [6.45, 7) is 5.83. The van der Waals surface area contributed by atoms with E-state index in [9.17, 15) is 4.79 Å². The molecule has 1 amide bonds. The summed E-state index contributed by atoms with van der Waals surface area (Å²) >= 11 is 0. The summed E-state index contributed by atoms with van der Waals surface area (Å²) < 4.78 is 5.75. The molecule has 0 bridgehead atoms. The molecule has 7 heteroatoms. The lowest BCUT2D eigenvalue weighted by Gasteiger charge is -2.29. The molecule has 0 spiro atoms. The second-order valence-corrected chi connectivity index (χ2v) is 8.36. The van der Waals surface area contributed by atoms with Gasteiger partial charge in [-0.15, -0.1) is 24.0 Å². The van der Waals surface area contributed by atoms with Crippen LogP contribution < -0.4 is 10.6 Å². The molecule has 1 fully saturated rings. The zero-order valence-electron chi connectivity index (χ0n) is 19.5. The lowest BCUT2D eigenvalue weighted by Crippen LogP contribution is -2.43. The molecule has 1 aromatic rings. The van der Waals surface area contributed by atoms with Crippen LogP contribution in [0.3, 0.4) is 0 Å². The van der Waals surface area contributed by atoms with Gasteiger partial charge in [-0.3, -0.25) is 9.79 Å². The van der Waals surface area contributed by atoms with Crippen LogP contribution in [0.4, 0.5) is 0 Å².